The lowest BCUT2D eigenvalue weighted by atomic mass is 9.94. The third kappa shape index (κ3) is 6.21. The summed E-state index contributed by atoms with van der Waals surface area (Å²) < 4.78 is 10.0. The second kappa shape index (κ2) is 8.76. The van der Waals surface area contributed by atoms with Crippen molar-refractivity contribution >= 4 is 12.0 Å². The van der Waals surface area contributed by atoms with Crippen molar-refractivity contribution in [1.82, 2.24) is 10.2 Å². The van der Waals surface area contributed by atoms with Gasteiger partial charge in [-0.1, -0.05) is 0 Å². The fraction of sp³-hybridized carbons (Fsp3) is 0.846. The van der Waals surface area contributed by atoms with E-state index in [1.165, 1.54) is 0 Å². The Kier molecular flexibility index (Phi) is 8.17. The quantitative estimate of drug-likeness (QED) is 0.655. The summed E-state index contributed by atoms with van der Waals surface area (Å²) in [6.07, 6.45) is 0. The molecular weight excluding hydrogens is 264 g/mol. The van der Waals surface area contributed by atoms with Crippen LogP contribution < -0.4 is 5.32 Å². The molecule has 7 heteroatoms. The zero-order chi connectivity index (χ0) is 15.8. The van der Waals surface area contributed by atoms with Crippen molar-refractivity contribution in [2.45, 2.75) is 26.8 Å². The Morgan fingerprint density at radius 1 is 1.30 bits per heavy atom. The topological polar surface area (TPSA) is 88.1 Å². The number of nitrogens with zero attached hydrogens (tertiary/aromatic N) is 1. The van der Waals surface area contributed by atoms with Gasteiger partial charge in [0, 0.05) is 27.3 Å². The summed E-state index contributed by atoms with van der Waals surface area (Å²) in [5.41, 5.74) is -1.01. The van der Waals surface area contributed by atoms with Gasteiger partial charge in [-0.25, -0.2) is 4.79 Å². The maximum Gasteiger partial charge on any atom is 0.317 e. The third-order valence-corrected chi connectivity index (χ3v) is 3.00. The van der Waals surface area contributed by atoms with Crippen molar-refractivity contribution in [3.05, 3.63) is 0 Å². The molecule has 0 fully saturated rings. The van der Waals surface area contributed by atoms with Crippen molar-refractivity contribution < 1.29 is 24.2 Å². The summed E-state index contributed by atoms with van der Waals surface area (Å²) in [6, 6.07) is -0.441. The minimum Gasteiger partial charge on any atom is -0.481 e. The van der Waals surface area contributed by atoms with Crippen molar-refractivity contribution in [2.24, 2.45) is 5.41 Å². The van der Waals surface area contributed by atoms with Crippen LogP contribution in [0.5, 0.6) is 0 Å². The first-order valence-corrected chi connectivity index (χ1v) is 6.52. The number of carboxylic acids is 1. The van der Waals surface area contributed by atoms with Gasteiger partial charge in [0.15, 0.2) is 0 Å². The lowest BCUT2D eigenvalue weighted by Gasteiger charge is -2.30. The van der Waals surface area contributed by atoms with Gasteiger partial charge >= 0.3 is 12.0 Å². The number of urea groups is 1. The third-order valence-electron chi connectivity index (χ3n) is 3.00. The Morgan fingerprint density at radius 2 is 1.90 bits per heavy atom. The molecule has 0 rings (SSSR count). The van der Waals surface area contributed by atoms with Crippen molar-refractivity contribution in [3.8, 4) is 0 Å². The molecule has 0 saturated heterocycles. The smallest absolute Gasteiger partial charge is 0.317 e. The minimum atomic E-state index is -1.01. The fourth-order valence-electron chi connectivity index (χ4n) is 1.52. The molecule has 1 atom stereocenters. The summed E-state index contributed by atoms with van der Waals surface area (Å²) in [7, 11) is 3.13. The van der Waals surface area contributed by atoms with Gasteiger partial charge in [-0.05, 0) is 20.8 Å². The van der Waals surface area contributed by atoms with Crippen LogP contribution in [0.3, 0.4) is 0 Å². The van der Waals surface area contributed by atoms with Crippen LogP contribution >= 0.6 is 0 Å². The Hall–Kier alpha value is -1.34. The van der Waals surface area contributed by atoms with Gasteiger partial charge in [0.05, 0.1) is 24.7 Å². The summed E-state index contributed by atoms with van der Waals surface area (Å²) in [4.78, 5) is 24.7. The van der Waals surface area contributed by atoms with E-state index in [4.69, 9.17) is 14.6 Å². The highest BCUT2D eigenvalue weighted by Crippen LogP contribution is 2.13. The minimum absolute atomic E-state index is 0.0599. The first kappa shape index (κ1) is 18.7. The number of carboxylic acid groups (broad SMARTS) is 1. The Morgan fingerprint density at radius 3 is 2.35 bits per heavy atom. The number of carbonyl (C=O) groups excluding carboxylic acids is 1. The van der Waals surface area contributed by atoms with Crippen molar-refractivity contribution in [2.75, 3.05) is 40.5 Å². The van der Waals surface area contributed by atoms with E-state index in [-0.39, 0.29) is 18.6 Å². The molecule has 2 N–H and O–H groups in total. The predicted molar refractivity (Wildman–Crippen MR) is 74.7 cm³/mol. The van der Waals surface area contributed by atoms with Crippen LogP contribution in [0.15, 0.2) is 0 Å². The van der Waals surface area contributed by atoms with Gasteiger partial charge in [-0.3, -0.25) is 4.79 Å². The van der Waals surface area contributed by atoms with Crippen LogP contribution in [0.1, 0.15) is 20.8 Å². The predicted octanol–water partition coefficient (Wildman–Crippen LogP) is 0.790. The first-order valence-electron chi connectivity index (χ1n) is 6.52. The largest absolute Gasteiger partial charge is 0.481 e. The second-order valence-corrected chi connectivity index (χ2v) is 5.34. The van der Waals surface area contributed by atoms with Gasteiger partial charge in [0.2, 0.25) is 0 Å². The van der Waals surface area contributed by atoms with Crippen LogP contribution in [0, 0.1) is 5.41 Å². The van der Waals surface area contributed by atoms with E-state index in [1.54, 1.807) is 33.0 Å². The molecule has 2 amide bonds. The molecule has 0 aliphatic heterocycles. The molecule has 0 spiro atoms. The molecule has 0 bridgehead atoms. The van der Waals surface area contributed by atoms with E-state index in [0.29, 0.717) is 19.8 Å². The number of hydrogen-bond acceptors (Lipinski definition) is 4. The molecule has 0 aromatic rings. The maximum absolute atomic E-state index is 12.1. The van der Waals surface area contributed by atoms with E-state index in [2.05, 4.69) is 5.32 Å². The second-order valence-electron chi connectivity index (χ2n) is 5.34. The molecule has 0 saturated carbocycles. The van der Waals surface area contributed by atoms with Crippen LogP contribution in [-0.2, 0) is 14.3 Å². The molecule has 0 aromatic carbocycles. The summed E-state index contributed by atoms with van der Waals surface area (Å²) >= 11 is 0. The average molecular weight is 290 g/mol. The molecule has 0 aliphatic rings. The highest BCUT2D eigenvalue weighted by molar-refractivity contribution is 5.77. The number of carbonyl (C=O) groups is 2. The number of methoxy groups -OCH3 is 2. The summed E-state index contributed by atoms with van der Waals surface area (Å²) in [5.74, 6) is -0.953. The number of aliphatic carboxylic acids is 1. The zero-order valence-corrected chi connectivity index (χ0v) is 12.9. The highest BCUT2D eigenvalue weighted by atomic mass is 16.5. The Bertz CT molecular complexity index is 320. The molecule has 0 radical (unpaired) electrons. The molecule has 7 nitrogen and oxygen atoms in total. The summed E-state index contributed by atoms with van der Waals surface area (Å²) in [6.45, 7) is 6.27. The monoisotopic (exact) mass is 290 g/mol. The van der Waals surface area contributed by atoms with E-state index in [1.807, 2.05) is 6.92 Å². The van der Waals surface area contributed by atoms with Gasteiger partial charge in [0.25, 0.3) is 0 Å². The number of hydrogen-bond donors (Lipinski definition) is 2. The lowest BCUT2D eigenvalue weighted by Crippen LogP contribution is -2.50. The fourth-order valence-corrected chi connectivity index (χ4v) is 1.52. The number of rotatable bonds is 9. The van der Waals surface area contributed by atoms with E-state index < -0.39 is 11.4 Å². The molecule has 0 aliphatic carbocycles. The number of ether oxygens (including phenoxy) is 2. The first-order chi connectivity index (χ1) is 9.26. The molecule has 0 aromatic heterocycles. The van der Waals surface area contributed by atoms with Crippen LogP contribution in [-0.4, -0.2) is 68.6 Å². The maximum atomic E-state index is 12.1. The molecule has 118 valence electrons. The SMILES string of the molecule is COCCN(C(=O)NCC(C)(C)C(=O)O)C(C)COC. The van der Waals surface area contributed by atoms with Gasteiger partial charge < -0.3 is 24.8 Å². The molecule has 1 unspecified atom stereocenters. The van der Waals surface area contributed by atoms with Gasteiger partial charge in [-0.15, -0.1) is 0 Å². The Labute approximate surface area is 120 Å². The number of nitrogens with one attached hydrogen (secondary N) is 1. The van der Waals surface area contributed by atoms with Crippen LogP contribution in [0.25, 0.3) is 0 Å². The average Bonchev–Trinajstić information content (AvgIpc) is 2.37. The van der Waals surface area contributed by atoms with E-state index in [9.17, 15) is 9.59 Å². The molecular formula is C13H26N2O5. The Balaban J connectivity index is 4.58. The molecule has 0 heterocycles. The summed E-state index contributed by atoms with van der Waals surface area (Å²) in [5, 5.41) is 11.7. The van der Waals surface area contributed by atoms with Gasteiger partial charge in [-0.2, -0.15) is 0 Å². The van der Waals surface area contributed by atoms with Crippen molar-refractivity contribution in [3.63, 3.8) is 0 Å². The van der Waals surface area contributed by atoms with E-state index >= 15 is 0 Å². The highest BCUT2D eigenvalue weighted by Gasteiger charge is 2.29. The lowest BCUT2D eigenvalue weighted by molar-refractivity contribution is -0.146. The van der Waals surface area contributed by atoms with Crippen LogP contribution in [0.2, 0.25) is 0 Å². The van der Waals surface area contributed by atoms with Crippen LogP contribution in [0.4, 0.5) is 4.79 Å². The normalized spacial score (nSPS) is 12.8. The molecule has 20 heavy (non-hydrogen) atoms. The number of amides is 2. The van der Waals surface area contributed by atoms with Crippen molar-refractivity contribution in [1.29, 1.82) is 0 Å². The van der Waals surface area contributed by atoms with E-state index in [0.717, 1.165) is 0 Å². The zero-order valence-electron chi connectivity index (χ0n) is 12.9. The van der Waals surface area contributed by atoms with Gasteiger partial charge in [0.1, 0.15) is 0 Å². The standard InChI is InChI=1S/C13H26N2O5/c1-10(8-20-5)15(6-7-19-4)12(18)14-9-13(2,3)11(16)17/h10H,6-9H2,1-5H3,(H,14,18)(H,16,17).